The molecule has 5 heteroatoms. The van der Waals surface area contributed by atoms with Crippen LogP contribution in [0.5, 0.6) is 0 Å². The zero-order valence-corrected chi connectivity index (χ0v) is 11.3. The SMILES string of the molecule is O=C(c1c(Cl)cc(Cl)cc1Cl)C1CCOCC1. The molecule has 1 fully saturated rings. The fourth-order valence-corrected chi connectivity index (χ4v) is 2.94. The van der Waals surface area contributed by atoms with E-state index in [1.165, 1.54) is 0 Å². The van der Waals surface area contributed by atoms with Gasteiger partial charge in [0.15, 0.2) is 5.78 Å². The van der Waals surface area contributed by atoms with Crippen LogP contribution in [-0.4, -0.2) is 19.0 Å². The normalized spacial score (nSPS) is 17.1. The maximum Gasteiger partial charge on any atom is 0.169 e. The first-order valence-corrected chi connectivity index (χ1v) is 6.49. The van der Waals surface area contributed by atoms with Gasteiger partial charge in [0.1, 0.15) is 0 Å². The van der Waals surface area contributed by atoms with Gasteiger partial charge in [-0.3, -0.25) is 4.79 Å². The van der Waals surface area contributed by atoms with Crippen molar-refractivity contribution in [1.82, 2.24) is 0 Å². The Balaban J connectivity index is 2.30. The molecule has 17 heavy (non-hydrogen) atoms. The second-order valence-corrected chi connectivity index (χ2v) is 5.25. The molecule has 1 aliphatic heterocycles. The van der Waals surface area contributed by atoms with Gasteiger partial charge < -0.3 is 4.74 Å². The first-order valence-electron chi connectivity index (χ1n) is 5.36. The molecule has 92 valence electrons. The predicted octanol–water partition coefficient (Wildman–Crippen LogP) is 4.26. The summed E-state index contributed by atoms with van der Waals surface area (Å²) >= 11 is 17.9. The van der Waals surface area contributed by atoms with Crippen molar-refractivity contribution in [3.05, 3.63) is 32.8 Å². The second-order valence-electron chi connectivity index (χ2n) is 4.00. The molecule has 0 radical (unpaired) electrons. The van der Waals surface area contributed by atoms with Crippen LogP contribution in [0.3, 0.4) is 0 Å². The third-order valence-electron chi connectivity index (χ3n) is 2.85. The van der Waals surface area contributed by atoms with Gasteiger partial charge in [-0.25, -0.2) is 0 Å². The van der Waals surface area contributed by atoms with Crippen molar-refractivity contribution in [2.45, 2.75) is 12.8 Å². The fourth-order valence-electron chi connectivity index (χ4n) is 1.94. The quantitative estimate of drug-likeness (QED) is 0.762. The average molecular weight is 294 g/mol. The highest BCUT2D eigenvalue weighted by Gasteiger charge is 2.26. The van der Waals surface area contributed by atoms with Crippen molar-refractivity contribution in [3.63, 3.8) is 0 Å². The summed E-state index contributed by atoms with van der Waals surface area (Å²) in [6.45, 7) is 1.22. The van der Waals surface area contributed by atoms with Crippen molar-refractivity contribution in [2.75, 3.05) is 13.2 Å². The first kappa shape index (κ1) is 13.2. The molecule has 0 bridgehead atoms. The van der Waals surface area contributed by atoms with Crippen LogP contribution in [0.1, 0.15) is 23.2 Å². The fraction of sp³-hybridized carbons (Fsp3) is 0.417. The highest BCUT2D eigenvalue weighted by molar-refractivity contribution is 6.42. The lowest BCUT2D eigenvalue weighted by Gasteiger charge is -2.21. The molecule has 1 saturated heterocycles. The number of hydrogen-bond donors (Lipinski definition) is 0. The van der Waals surface area contributed by atoms with Crippen LogP contribution in [0, 0.1) is 5.92 Å². The Morgan fingerprint density at radius 1 is 1.12 bits per heavy atom. The van der Waals surface area contributed by atoms with E-state index in [-0.39, 0.29) is 11.7 Å². The number of carbonyl (C=O) groups is 1. The van der Waals surface area contributed by atoms with Gasteiger partial charge in [-0.15, -0.1) is 0 Å². The maximum absolute atomic E-state index is 12.3. The molecule has 0 spiro atoms. The first-order chi connectivity index (χ1) is 8.09. The summed E-state index contributed by atoms with van der Waals surface area (Å²) in [6, 6.07) is 3.09. The van der Waals surface area contributed by atoms with E-state index < -0.39 is 0 Å². The number of benzene rings is 1. The summed E-state index contributed by atoms with van der Waals surface area (Å²) in [5, 5.41) is 1.07. The monoisotopic (exact) mass is 292 g/mol. The highest BCUT2D eigenvalue weighted by atomic mass is 35.5. The minimum atomic E-state index is -0.0556. The number of carbonyl (C=O) groups excluding carboxylic acids is 1. The van der Waals surface area contributed by atoms with E-state index in [4.69, 9.17) is 39.5 Å². The Hall–Kier alpha value is -0.280. The number of ketones is 1. The molecule has 1 aromatic rings. The number of Topliss-reactive ketones (excluding diaryl/α,β-unsaturated/α-hetero) is 1. The molecule has 0 unspecified atom stereocenters. The Labute approximate surface area is 115 Å². The third-order valence-corrected chi connectivity index (χ3v) is 3.66. The minimum Gasteiger partial charge on any atom is -0.381 e. The van der Waals surface area contributed by atoms with Crippen LogP contribution in [0.15, 0.2) is 12.1 Å². The van der Waals surface area contributed by atoms with Crippen molar-refractivity contribution in [1.29, 1.82) is 0 Å². The van der Waals surface area contributed by atoms with Gasteiger partial charge >= 0.3 is 0 Å². The largest absolute Gasteiger partial charge is 0.381 e. The van der Waals surface area contributed by atoms with E-state index in [1.807, 2.05) is 0 Å². The molecular weight excluding hydrogens is 282 g/mol. The lowest BCUT2D eigenvalue weighted by atomic mass is 9.91. The lowest BCUT2D eigenvalue weighted by Crippen LogP contribution is -2.24. The standard InChI is InChI=1S/C12H11Cl3O2/c13-8-5-9(14)11(10(15)6-8)12(16)7-1-3-17-4-2-7/h5-7H,1-4H2. The molecule has 2 rings (SSSR count). The van der Waals surface area contributed by atoms with Crippen LogP contribution < -0.4 is 0 Å². The molecule has 2 nitrogen and oxygen atoms in total. The van der Waals surface area contributed by atoms with Crippen molar-refractivity contribution < 1.29 is 9.53 Å². The van der Waals surface area contributed by atoms with E-state index in [0.29, 0.717) is 46.7 Å². The molecule has 0 amide bonds. The molecule has 0 saturated carbocycles. The van der Waals surface area contributed by atoms with Crippen molar-refractivity contribution >= 4 is 40.6 Å². The van der Waals surface area contributed by atoms with Gasteiger partial charge in [-0.05, 0) is 25.0 Å². The van der Waals surface area contributed by atoms with E-state index in [9.17, 15) is 4.79 Å². The maximum atomic E-state index is 12.3. The van der Waals surface area contributed by atoms with Gasteiger partial charge in [-0.2, -0.15) is 0 Å². The van der Waals surface area contributed by atoms with Crippen LogP contribution in [0.4, 0.5) is 0 Å². The lowest BCUT2D eigenvalue weighted by molar-refractivity contribution is 0.0545. The summed E-state index contributed by atoms with van der Waals surface area (Å²) in [5.74, 6) is -0.0695. The van der Waals surface area contributed by atoms with E-state index in [0.717, 1.165) is 0 Å². The Kier molecular flexibility index (Phi) is 4.31. The molecule has 0 aliphatic carbocycles. The summed E-state index contributed by atoms with van der Waals surface area (Å²) in [4.78, 5) is 12.3. The summed E-state index contributed by atoms with van der Waals surface area (Å²) in [5.41, 5.74) is 0.379. The summed E-state index contributed by atoms with van der Waals surface area (Å²) < 4.78 is 5.23. The second kappa shape index (κ2) is 5.57. The zero-order chi connectivity index (χ0) is 12.4. The Bertz CT molecular complexity index is 416. The number of rotatable bonds is 2. The summed E-state index contributed by atoms with van der Waals surface area (Å²) in [6.07, 6.45) is 1.43. The predicted molar refractivity (Wildman–Crippen MR) is 69.3 cm³/mol. The van der Waals surface area contributed by atoms with Gasteiger partial charge in [0.25, 0.3) is 0 Å². The molecule has 0 N–H and O–H groups in total. The Morgan fingerprint density at radius 2 is 1.65 bits per heavy atom. The molecule has 0 atom stereocenters. The van der Waals surface area contributed by atoms with Gasteiger partial charge in [0.05, 0.1) is 15.6 Å². The van der Waals surface area contributed by atoms with Gasteiger partial charge in [0, 0.05) is 24.2 Å². The van der Waals surface area contributed by atoms with Crippen LogP contribution in [0.25, 0.3) is 0 Å². The van der Waals surface area contributed by atoms with Crippen molar-refractivity contribution in [3.8, 4) is 0 Å². The number of ether oxygens (including phenoxy) is 1. The van der Waals surface area contributed by atoms with Gasteiger partial charge in [0.2, 0.25) is 0 Å². The molecule has 1 aromatic carbocycles. The van der Waals surface area contributed by atoms with E-state index in [2.05, 4.69) is 0 Å². The van der Waals surface area contributed by atoms with E-state index in [1.54, 1.807) is 12.1 Å². The average Bonchev–Trinajstić information content (AvgIpc) is 2.28. The van der Waals surface area contributed by atoms with Crippen LogP contribution in [0.2, 0.25) is 15.1 Å². The smallest absolute Gasteiger partial charge is 0.169 e. The van der Waals surface area contributed by atoms with Crippen molar-refractivity contribution in [2.24, 2.45) is 5.92 Å². The zero-order valence-electron chi connectivity index (χ0n) is 9.01. The Morgan fingerprint density at radius 3 is 2.18 bits per heavy atom. The molecule has 1 aliphatic rings. The third kappa shape index (κ3) is 2.94. The van der Waals surface area contributed by atoms with Crippen LogP contribution >= 0.6 is 34.8 Å². The highest BCUT2D eigenvalue weighted by Crippen LogP contribution is 2.32. The number of hydrogen-bond acceptors (Lipinski definition) is 2. The topological polar surface area (TPSA) is 26.3 Å². The van der Waals surface area contributed by atoms with E-state index >= 15 is 0 Å². The number of halogens is 3. The summed E-state index contributed by atoms with van der Waals surface area (Å²) in [7, 11) is 0. The molecular formula is C12H11Cl3O2. The molecule has 0 aromatic heterocycles. The van der Waals surface area contributed by atoms with Crippen LogP contribution in [-0.2, 0) is 4.74 Å². The van der Waals surface area contributed by atoms with Gasteiger partial charge in [-0.1, -0.05) is 34.8 Å². The minimum absolute atomic E-state index is 0.0139. The molecule has 1 heterocycles.